The summed E-state index contributed by atoms with van der Waals surface area (Å²) in [7, 11) is 3.65. The van der Waals surface area contributed by atoms with Gasteiger partial charge in [-0.15, -0.1) is 0 Å². The molecule has 1 fully saturated rings. The Bertz CT molecular complexity index is 908. The topological polar surface area (TPSA) is 61.9 Å². The zero-order chi connectivity index (χ0) is 21.0. The van der Waals surface area contributed by atoms with E-state index in [4.69, 9.17) is 16.3 Å². The summed E-state index contributed by atoms with van der Waals surface area (Å²) in [5, 5.41) is 3.55. The van der Waals surface area contributed by atoms with Crippen LogP contribution in [0.25, 0.3) is 0 Å². The van der Waals surface area contributed by atoms with E-state index in [0.717, 1.165) is 31.9 Å². The lowest BCUT2D eigenvalue weighted by Crippen LogP contribution is -2.44. The van der Waals surface area contributed by atoms with Gasteiger partial charge in [-0.05, 0) is 50.4 Å². The van der Waals surface area contributed by atoms with Gasteiger partial charge in [0.2, 0.25) is 5.91 Å². The number of anilines is 2. The first-order valence-electron chi connectivity index (χ1n) is 9.58. The van der Waals surface area contributed by atoms with E-state index in [9.17, 15) is 9.59 Å². The molecule has 2 aromatic rings. The summed E-state index contributed by atoms with van der Waals surface area (Å²) in [5.74, 6) is 0.332. The van der Waals surface area contributed by atoms with Crippen LogP contribution in [-0.2, 0) is 11.2 Å². The molecule has 154 valence electrons. The van der Waals surface area contributed by atoms with Crippen molar-refractivity contribution in [2.24, 2.45) is 0 Å². The fourth-order valence-electron chi connectivity index (χ4n) is 3.43. The number of amides is 1. The predicted molar refractivity (Wildman–Crippen MR) is 116 cm³/mol. The monoisotopic (exact) mass is 415 g/mol. The minimum absolute atomic E-state index is 0.0542. The summed E-state index contributed by atoms with van der Waals surface area (Å²) in [6, 6.07) is 10.7. The van der Waals surface area contributed by atoms with Gasteiger partial charge in [0.25, 0.3) is 0 Å². The average Bonchev–Trinajstić information content (AvgIpc) is 2.69. The van der Waals surface area contributed by atoms with Crippen LogP contribution in [0.4, 0.5) is 11.4 Å². The lowest BCUT2D eigenvalue weighted by atomic mass is 10.0. The fraction of sp³-hybridized carbons (Fsp3) is 0.364. The number of ether oxygens (including phenoxy) is 1. The van der Waals surface area contributed by atoms with Gasteiger partial charge >= 0.3 is 0 Å². The Morgan fingerprint density at radius 1 is 1.10 bits per heavy atom. The van der Waals surface area contributed by atoms with Crippen molar-refractivity contribution in [1.29, 1.82) is 0 Å². The van der Waals surface area contributed by atoms with Gasteiger partial charge in [-0.1, -0.05) is 11.6 Å². The molecule has 6 nitrogen and oxygen atoms in total. The van der Waals surface area contributed by atoms with E-state index in [1.54, 1.807) is 31.4 Å². The number of piperazine rings is 1. The summed E-state index contributed by atoms with van der Waals surface area (Å²) in [4.78, 5) is 29.0. The van der Waals surface area contributed by atoms with Gasteiger partial charge < -0.3 is 19.9 Å². The third-order valence-corrected chi connectivity index (χ3v) is 5.35. The van der Waals surface area contributed by atoms with Gasteiger partial charge in [-0.3, -0.25) is 9.59 Å². The van der Waals surface area contributed by atoms with Crippen molar-refractivity contribution in [2.45, 2.75) is 13.3 Å². The fourth-order valence-corrected chi connectivity index (χ4v) is 3.61. The zero-order valence-electron chi connectivity index (χ0n) is 17.0. The first-order chi connectivity index (χ1) is 13.9. The SMILES string of the molecule is COc1ccc(C(C)=O)cc1CC(=O)Nc1cc(Cl)ccc1N1CCN(C)CC1. The number of rotatable bonds is 6. The molecule has 1 N–H and O–H groups in total. The first kappa shape index (κ1) is 21.1. The summed E-state index contributed by atoms with van der Waals surface area (Å²) >= 11 is 6.19. The highest BCUT2D eigenvalue weighted by Gasteiger charge is 2.19. The van der Waals surface area contributed by atoms with Gasteiger partial charge in [-0.2, -0.15) is 0 Å². The van der Waals surface area contributed by atoms with Crippen molar-refractivity contribution < 1.29 is 14.3 Å². The van der Waals surface area contributed by atoms with Crippen LogP contribution in [0.15, 0.2) is 36.4 Å². The number of halogens is 1. The second kappa shape index (κ2) is 9.29. The number of hydrogen-bond acceptors (Lipinski definition) is 5. The van der Waals surface area contributed by atoms with Crippen LogP contribution in [-0.4, -0.2) is 56.9 Å². The second-order valence-corrected chi connectivity index (χ2v) is 7.70. The molecular formula is C22H26ClN3O3. The van der Waals surface area contributed by atoms with Crippen LogP contribution < -0.4 is 15.0 Å². The second-order valence-electron chi connectivity index (χ2n) is 7.26. The highest BCUT2D eigenvalue weighted by Crippen LogP contribution is 2.30. The smallest absolute Gasteiger partial charge is 0.228 e. The van der Waals surface area contributed by atoms with Gasteiger partial charge in [0.05, 0.1) is 24.9 Å². The first-order valence-corrected chi connectivity index (χ1v) is 9.96. The number of carbonyl (C=O) groups is 2. The number of nitrogens with zero attached hydrogens (tertiary/aromatic N) is 2. The Hall–Kier alpha value is -2.57. The molecule has 0 unspecified atom stereocenters. The summed E-state index contributed by atoms with van der Waals surface area (Å²) in [6.45, 7) is 5.20. The minimum Gasteiger partial charge on any atom is -0.496 e. The van der Waals surface area contributed by atoms with E-state index < -0.39 is 0 Å². The van der Waals surface area contributed by atoms with E-state index >= 15 is 0 Å². The zero-order valence-corrected chi connectivity index (χ0v) is 17.8. The molecule has 2 aromatic carbocycles. The molecule has 1 heterocycles. The third kappa shape index (κ3) is 5.28. The third-order valence-electron chi connectivity index (χ3n) is 5.11. The van der Waals surface area contributed by atoms with Gasteiger partial charge in [-0.25, -0.2) is 0 Å². The van der Waals surface area contributed by atoms with Crippen molar-refractivity contribution in [3.05, 3.63) is 52.5 Å². The van der Waals surface area contributed by atoms with Crippen molar-refractivity contribution in [2.75, 3.05) is 50.6 Å². The quantitative estimate of drug-likeness (QED) is 0.732. The van der Waals surface area contributed by atoms with Crippen molar-refractivity contribution in [1.82, 2.24) is 4.90 Å². The number of nitrogens with one attached hydrogen (secondary N) is 1. The largest absolute Gasteiger partial charge is 0.496 e. The summed E-state index contributed by atoms with van der Waals surface area (Å²) < 4.78 is 5.35. The summed E-state index contributed by atoms with van der Waals surface area (Å²) in [5.41, 5.74) is 2.87. The van der Waals surface area contributed by atoms with E-state index in [0.29, 0.717) is 27.6 Å². The maximum atomic E-state index is 12.8. The molecule has 0 spiro atoms. The molecule has 29 heavy (non-hydrogen) atoms. The lowest BCUT2D eigenvalue weighted by Gasteiger charge is -2.35. The Morgan fingerprint density at radius 2 is 1.83 bits per heavy atom. The average molecular weight is 416 g/mol. The van der Waals surface area contributed by atoms with Crippen molar-refractivity contribution in [3.8, 4) is 5.75 Å². The maximum absolute atomic E-state index is 12.8. The number of hydrogen-bond donors (Lipinski definition) is 1. The van der Waals surface area contributed by atoms with Crippen molar-refractivity contribution >= 4 is 34.7 Å². The summed E-state index contributed by atoms with van der Waals surface area (Å²) in [6.07, 6.45) is 0.0962. The van der Waals surface area contributed by atoms with Gasteiger partial charge in [0, 0.05) is 42.3 Å². The van der Waals surface area contributed by atoms with Crippen molar-refractivity contribution in [3.63, 3.8) is 0 Å². The molecular weight excluding hydrogens is 390 g/mol. The Kier molecular flexibility index (Phi) is 6.77. The lowest BCUT2D eigenvalue weighted by molar-refractivity contribution is -0.115. The molecule has 0 bridgehead atoms. The van der Waals surface area contributed by atoms with E-state index in [2.05, 4.69) is 22.2 Å². The molecule has 1 aliphatic heterocycles. The molecule has 1 aliphatic rings. The van der Waals surface area contributed by atoms with Crippen LogP contribution in [0, 0.1) is 0 Å². The highest BCUT2D eigenvalue weighted by atomic mass is 35.5. The van der Waals surface area contributed by atoms with Gasteiger partial charge in [0.15, 0.2) is 5.78 Å². The highest BCUT2D eigenvalue weighted by molar-refractivity contribution is 6.31. The Morgan fingerprint density at radius 3 is 2.48 bits per heavy atom. The molecule has 1 amide bonds. The maximum Gasteiger partial charge on any atom is 0.228 e. The molecule has 3 rings (SSSR count). The number of methoxy groups -OCH3 is 1. The standard InChI is InChI=1S/C22H26ClN3O3/c1-15(27)16-4-7-21(29-3)17(12-16)13-22(28)24-19-14-18(23)5-6-20(19)26-10-8-25(2)9-11-26/h4-7,12,14H,8-11,13H2,1-3H3,(H,24,28). The predicted octanol–water partition coefficient (Wildman–Crippen LogP) is 3.48. The van der Waals surface area contributed by atoms with Crippen LogP contribution in [0.2, 0.25) is 5.02 Å². The molecule has 0 radical (unpaired) electrons. The molecule has 0 aliphatic carbocycles. The Balaban J connectivity index is 1.80. The van der Waals surface area contributed by atoms with Gasteiger partial charge in [0.1, 0.15) is 5.75 Å². The number of carbonyl (C=O) groups excluding carboxylic acids is 2. The molecule has 0 atom stereocenters. The normalized spacial score (nSPS) is 14.6. The van der Waals surface area contributed by atoms with E-state index in [-0.39, 0.29) is 18.1 Å². The number of Topliss-reactive ketones (excluding diaryl/α,β-unsaturated/α-hetero) is 1. The number of benzene rings is 2. The van der Waals surface area contributed by atoms with Crippen LogP contribution in [0.1, 0.15) is 22.8 Å². The van der Waals surface area contributed by atoms with Crippen LogP contribution >= 0.6 is 11.6 Å². The minimum atomic E-state index is -0.193. The molecule has 7 heteroatoms. The van der Waals surface area contributed by atoms with Crippen LogP contribution in [0.3, 0.4) is 0 Å². The number of likely N-dealkylation sites (N-methyl/N-ethyl adjacent to an activating group) is 1. The van der Waals surface area contributed by atoms with E-state index in [1.165, 1.54) is 6.92 Å². The number of ketones is 1. The van der Waals surface area contributed by atoms with E-state index in [1.807, 2.05) is 12.1 Å². The Labute approximate surface area is 176 Å². The molecule has 0 aromatic heterocycles. The molecule has 0 saturated carbocycles. The molecule has 1 saturated heterocycles. The van der Waals surface area contributed by atoms with Crippen LogP contribution in [0.5, 0.6) is 5.75 Å².